The Morgan fingerprint density at radius 3 is 2.62 bits per heavy atom. The van der Waals surface area contributed by atoms with Gasteiger partial charge in [0.25, 0.3) is 0 Å². The Morgan fingerprint density at radius 1 is 1.48 bits per heavy atom. The molecule has 21 heavy (non-hydrogen) atoms. The molecule has 0 atom stereocenters. The highest BCUT2D eigenvalue weighted by molar-refractivity contribution is 14.0. The molecule has 1 aromatic rings. The Morgan fingerprint density at radius 2 is 2.14 bits per heavy atom. The van der Waals surface area contributed by atoms with E-state index in [0.717, 1.165) is 11.6 Å². The van der Waals surface area contributed by atoms with Crippen LogP contribution in [0.2, 0.25) is 0 Å². The third kappa shape index (κ3) is 7.07. The number of thiazole rings is 1. The molecular formula is C13H24IN5OS. The summed E-state index contributed by atoms with van der Waals surface area (Å²) in [6.07, 6.45) is 1.84. The zero-order valence-electron chi connectivity index (χ0n) is 12.9. The van der Waals surface area contributed by atoms with Gasteiger partial charge in [0, 0.05) is 24.2 Å². The second kappa shape index (κ2) is 9.19. The van der Waals surface area contributed by atoms with Crippen LogP contribution in [0.5, 0.6) is 0 Å². The number of hydrogen-bond acceptors (Lipinski definition) is 4. The molecule has 1 amide bonds. The minimum atomic E-state index is -0.617. The van der Waals surface area contributed by atoms with Gasteiger partial charge in [-0.2, -0.15) is 0 Å². The van der Waals surface area contributed by atoms with E-state index in [9.17, 15) is 4.79 Å². The van der Waals surface area contributed by atoms with Gasteiger partial charge in [0.05, 0.1) is 12.0 Å². The van der Waals surface area contributed by atoms with Gasteiger partial charge in [0.2, 0.25) is 5.91 Å². The maximum absolute atomic E-state index is 11.3. The zero-order valence-corrected chi connectivity index (χ0v) is 16.0. The molecule has 1 heterocycles. The fourth-order valence-electron chi connectivity index (χ4n) is 1.35. The van der Waals surface area contributed by atoms with E-state index >= 15 is 0 Å². The standard InChI is InChI=1S/C13H23N5OS.HI/c1-5-15-12(18-8-13(3,4)11(14)19)17-7-10-16-6-9(2)20-10;/h6H,5,7-8H2,1-4H3,(H2,14,19)(H2,15,17,18);1H. The minimum Gasteiger partial charge on any atom is -0.369 e. The van der Waals surface area contributed by atoms with Gasteiger partial charge >= 0.3 is 0 Å². The van der Waals surface area contributed by atoms with Crippen molar-refractivity contribution in [3.05, 3.63) is 16.1 Å². The van der Waals surface area contributed by atoms with Crippen LogP contribution in [0.25, 0.3) is 0 Å². The number of nitrogens with one attached hydrogen (secondary N) is 2. The third-order valence-corrected chi connectivity index (χ3v) is 3.65. The summed E-state index contributed by atoms with van der Waals surface area (Å²) in [5, 5.41) is 7.24. The Labute approximate surface area is 147 Å². The molecule has 0 saturated heterocycles. The van der Waals surface area contributed by atoms with Crippen molar-refractivity contribution in [2.24, 2.45) is 16.1 Å². The number of aromatic nitrogens is 1. The molecule has 4 N–H and O–H groups in total. The maximum atomic E-state index is 11.3. The summed E-state index contributed by atoms with van der Waals surface area (Å²) >= 11 is 1.63. The zero-order chi connectivity index (χ0) is 15.2. The fraction of sp³-hybridized carbons (Fsp3) is 0.615. The van der Waals surface area contributed by atoms with E-state index in [1.807, 2.05) is 20.0 Å². The first kappa shape index (κ1) is 20.1. The second-order valence-electron chi connectivity index (χ2n) is 5.16. The predicted molar refractivity (Wildman–Crippen MR) is 98.1 cm³/mol. The Hall–Kier alpha value is -0.900. The van der Waals surface area contributed by atoms with E-state index in [2.05, 4.69) is 20.6 Å². The third-order valence-electron chi connectivity index (χ3n) is 2.75. The molecule has 0 bridgehead atoms. The lowest BCUT2D eigenvalue weighted by Gasteiger charge is -2.22. The number of hydrogen-bond donors (Lipinski definition) is 3. The normalized spacial score (nSPS) is 11.7. The van der Waals surface area contributed by atoms with Crippen molar-refractivity contribution in [3.8, 4) is 0 Å². The molecule has 0 unspecified atom stereocenters. The fourth-order valence-corrected chi connectivity index (χ4v) is 2.07. The average molecular weight is 425 g/mol. The van der Waals surface area contributed by atoms with E-state index in [4.69, 9.17) is 5.73 Å². The van der Waals surface area contributed by atoms with Crippen molar-refractivity contribution in [1.82, 2.24) is 15.6 Å². The van der Waals surface area contributed by atoms with Gasteiger partial charge in [-0.05, 0) is 27.7 Å². The first-order valence-electron chi connectivity index (χ1n) is 6.58. The number of amides is 1. The number of rotatable bonds is 6. The van der Waals surface area contributed by atoms with Gasteiger partial charge in [0.1, 0.15) is 5.01 Å². The summed E-state index contributed by atoms with van der Waals surface area (Å²) in [4.78, 5) is 21.2. The molecule has 0 saturated carbocycles. The summed E-state index contributed by atoms with van der Waals surface area (Å²) in [5.74, 6) is 0.325. The van der Waals surface area contributed by atoms with Crippen LogP contribution in [0.4, 0.5) is 0 Å². The number of aliphatic imine (C=N–C) groups is 1. The molecule has 8 heteroatoms. The van der Waals surface area contributed by atoms with E-state index in [1.54, 1.807) is 25.2 Å². The molecular weight excluding hydrogens is 401 g/mol. The van der Waals surface area contributed by atoms with Gasteiger partial charge in [-0.25, -0.2) is 9.98 Å². The summed E-state index contributed by atoms with van der Waals surface area (Å²) in [6.45, 7) is 9.31. The van der Waals surface area contributed by atoms with Crippen LogP contribution >= 0.6 is 35.3 Å². The molecule has 0 aromatic carbocycles. The van der Waals surface area contributed by atoms with Crippen LogP contribution in [0, 0.1) is 12.3 Å². The topological polar surface area (TPSA) is 92.4 Å². The molecule has 6 nitrogen and oxygen atoms in total. The SMILES string of the molecule is CCNC(=NCc1ncc(C)s1)NCC(C)(C)C(N)=O.I. The number of guanidine groups is 1. The number of carbonyl (C=O) groups is 1. The van der Waals surface area contributed by atoms with Crippen molar-refractivity contribution < 1.29 is 4.79 Å². The highest BCUT2D eigenvalue weighted by Gasteiger charge is 2.24. The summed E-state index contributed by atoms with van der Waals surface area (Å²) in [7, 11) is 0. The number of halogens is 1. The van der Waals surface area contributed by atoms with Gasteiger partial charge in [-0.15, -0.1) is 35.3 Å². The first-order valence-corrected chi connectivity index (χ1v) is 7.40. The number of carbonyl (C=O) groups excluding carboxylic acids is 1. The van der Waals surface area contributed by atoms with Crippen molar-refractivity contribution in [1.29, 1.82) is 0 Å². The Kier molecular flexibility index (Phi) is 8.79. The van der Waals surface area contributed by atoms with E-state index in [0.29, 0.717) is 19.0 Å². The van der Waals surface area contributed by atoms with E-state index < -0.39 is 5.41 Å². The summed E-state index contributed by atoms with van der Waals surface area (Å²) in [6, 6.07) is 0. The molecule has 1 aromatic heterocycles. The van der Waals surface area contributed by atoms with Crippen molar-refractivity contribution in [3.63, 3.8) is 0 Å². The molecule has 0 aliphatic carbocycles. The maximum Gasteiger partial charge on any atom is 0.224 e. The van der Waals surface area contributed by atoms with Gasteiger partial charge in [0.15, 0.2) is 5.96 Å². The lowest BCUT2D eigenvalue weighted by atomic mass is 9.93. The van der Waals surface area contributed by atoms with Gasteiger partial charge < -0.3 is 16.4 Å². The molecule has 1 rings (SSSR count). The Bertz CT molecular complexity index is 487. The highest BCUT2D eigenvalue weighted by Crippen LogP contribution is 2.13. The first-order chi connectivity index (χ1) is 9.35. The number of nitrogens with zero attached hydrogens (tertiary/aromatic N) is 2. The smallest absolute Gasteiger partial charge is 0.224 e. The van der Waals surface area contributed by atoms with Gasteiger partial charge in [-0.1, -0.05) is 0 Å². The number of primary amides is 1. The largest absolute Gasteiger partial charge is 0.369 e. The highest BCUT2D eigenvalue weighted by atomic mass is 127. The predicted octanol–water partition coefficient (Wildman–Crippen LogP) is 1.64. The van der Waals surface area contributed by atoms with E-state index in [1.165, 1.54) is 4.88 Å². The summed E-state index contributed by atoms with van der Waals surface area (Å²) in [5.41, 5.74) is 4.73. The van der Waals surface area contributed by atoms with Crippen molar-refractivity contribution >= 4 is 47.2 Å². The van der Waals surface area contributed by atoms with Crippen LogP contribution < -0.4 is 16.4 Å². The van der Waals surface area contributed by atoms with Crippen LogP contribution in [0.15, 0.2) is 11.2 Å². The van der Waals surface area contributed by atoms with Gasteiger partial charge in [-0.3, -0.25) is 4.79 Å². The summed E-state index contributed by atoms with van der Waals surface area (Å²) < 4.78 is 0. The minimum absolute atomic E-state index is 0. The number of nitrogens with two attached hydrogens (primary N) is 1. The van der Waals surface area contributed by atoms with E-state index in [-0.39, 0.29) is 29.9 Å². The lowest BCUT2D eigenvalue weighted by molar-refractivity contribution is -0.125. The molecule has 0 radical (unpaired) electrons. The molecule has 0 spiro atoms. The average Bonchev–Trinajstić information content (AvgIpc) is 2.78. The second-order valence-corrected chi connectivity index (χ2v) is 6.48. The Balaban J connectivity index is 0.00000400. The monoisotopic (exact) mass is 425 g/mol. The molecule has 0 aliphatic rings. The van der Waals surface area contributed by atoms with Crippen LogP contribution in [0.3, 0.4) is 0 Å². The van der Waals surface area contributed by atoms with Crippen molar-refractivity contribution in [2.75, 3.05) is 13.1 Å². The number of aryl methyl sites for hydroxylation is 1. The molecule has 120 valence electrons. The lowest BCUT2D eigenvalue weighted by Crippen LogP contribution is -2.46. The molecule has 0 aliphatic heterocycles. The van der Waals surface area contributed by atoms with Crippen LogP contribution in [-0.2, 0) is 11.3 Å². The quantitative estimate of drug-likeness (QED) is 0.367. The molecule has 0 fully saturated rings. The van der Waals surface area contributed by atoms with Crippen molar-refractivity contribution in [2.45, 2.75) is 34.2 Å². The van der Waals surface area contributed by atoms with Crippen LogP contribution in [-0.4, -0.2) is 29.9 Å². The van der Waals surface area contributed by atoms with Crippen LogP contribution in [0.1, 0.15) is 30.7 Å².